The lowest BCUT2D eigenvalue weighted by Gasteiger charge is -2.45. The van der Waals surface area contributed by atoms with Gasteiger partial charge in [0, 0.05) is 5.92 Å². The number of hydrogen-bond donors (Lipinski definition) is 4. The molecule has 1 rings (SSSR count). The highest BCUT2D eigenvalue weighted by atomic mass is 35.5. The van der Waals surface area contributed by atoms with E-state index in [1.807, 2.05) is 0 Å². The van der Waals surface area contributed by atoms with Crippen LogP contribution in [0.4, 0.5) is 0 Å². The van der Waals surface area contributed by atoms with Gasteiger partial charge in [0.05, 0.1) is 26.7 Å². The molecule has 140 valence electrons. The van der Waals surface area contributed by atoms with Crippen LogP contribution in [0.5, 0.6) is 0 Å². The molecule has 1 saturated heterocycles. The quantitative estimate of drug-likeness (QED) is 0.310. The summed E-state index contributed by atoms with van der Waals surface area (Å²) < 4.78 is 27.3. The molecule has 11 heteroatoms. The van der Waals surface area contributed by atoms with E-state index in [4.69, 9.17) is 9.79 Å². The Morgan fingerprint density at radius 2 is 1.78 bits per heavy atom. The van der Waals surface area contributed by atoms with Crippen LogP contribution in [0.3, 0.4) is 0 Å². The average molecular weight is 396 g/mol. The van der Waals surface area contributed by atoms with Crippen molar-refractivity contribution in [3.63, 3.8) is 0 Å². The number of rotatable bonds is 7. The predicted octanol–water partition coefficient (Wildman–Crippen LogP) is -1.35. The lowest BCUT2D eigenvalue weighted by atomic mass is 9.86. The molecule has 1 aliphatic heterocycles. The number of phosphoric acid groups is 1. The van der Waals surface area contributed by atoms with Gasteiger partial charge in [0.25, 0.3) is 0 Å². The average Bonchev–Trinajstić information content (AvgIpc) is 2.28. The molecule has 0 aliphatic carbocycles. The summed E-state index contributed by atoms with van der Waals surface area (Å²) in [5, 5.41) is 0. The van der Waals surface area contributed by atoms with E-state index in [1.165, 1.54) is 0 Å². The van der Waals surface area contributed by atoms with Gasteiger partial charge in [-0.25, -0.2) is 4.57 Å². The summed E-state index contributed by atoms with van der Waals surface area (Å²) in [6.45, 7) is 3.24. The standard InChI is InChI=1S/C12H27NO7P2.ClH/c1-10-6-5-9-13(2,3)11(10)7-4-8-12(21(14,15)16)20-22(17,18)19;/h10-12H,4-9H2,1-3H3,(H3-,14,15,16,17,18,19);1H. The second kappa shape index (κ2) is 8.75. The maximum Gasteiger partial charge on any atom is 0.470 e. The first-order valence-corrected chi connectivity index (χ1v) is 10.7. The van der Waals surface area contributed by atoms with Crippen molar-refractivity contribution in [1.29, 1.82) is 0 Å². The summed E-state index contributed by atoms with van der Waals surface area (Å²) in [6.07, 6.45) is 3.42. The molecular weight excluding hydrogens is 368 g/mol. The number of phosphoric ester groups is 1. The van der Waals surface area contributed by atoms with E-state index in [-0.39, 0.29) is 18.8 Å². The third kappa shape index (κ3) is 7.95. The Labute approximate surface area is 143 Å². The SMILES string of the molecule is CC1CCC[N+](C)(C)C1CCCC(OP(=O)(O)O)P(=O)(O)O.[Cl-]. The Morgan fingerprint density at radius 3 is 2.22 bits per heavy atom. The molecule has 4 N–H and O–H groups in total. The predicted molar refractivity (Wildman–Crippen MR) is 82.0 cm³/mol. The van der Waals surface area contributed by atoms with Crippen molar-refractivity contribution < 1.29 is 50.1 Å². The second-order valence-corrected chi connectivity index (χ2v) is 9.71. The molecule has 3 unspecified atom stereocenters. The molecule has 1 fully saturated rings. The first kappa shape index (κ1) is 23.5. The van der Waals surface area contributed by atoms with Crippen LogP contribution >= 0.6 is 15.4 Å². The van der Waals surface area contributed by atoms with E-state index < -0.39 is 21.3 Å². The van der Waals surface area contributed by atoms with E-state index in [9.17, 15) is 18.9 Å². The Bertz CT molecular complexity index is 464. The van der Waals surface area contributed by atoms with Gasteiger partial charge >= 0.3 is 15.4 Å². The van der Waals surface area contributed by atoms with Crippen molar-refractivity contribution >= 4 is 15.4 Å². The fourth-order valence-corrected chi connectivity index (χ4v) is 5.25. The van der Waals surface area contributed by atoms with Crippen LogP contribution in [0.15, 0.2) is 0 Å². The number of nitrogens with zero attached hydrogens (tertiary/aromatic N) is 1. The van der Waals surface area contributed by atoms with Gasteiger partial charge in [-0.15, -0.1) is 0 Å². The topological polar surface area (TPSA) is 124 Å². The van der Waals surface area contributed by atoms with Crippen LogP contribution in [-0.4, -0.2) is 56.6 Å². The lowest BCUT2D eigenvalue weighted by molar-refractivity contribution is -0.924. The van der Waals surface area contributed by atoms with Gasteiger partial charge in [0.2, 0.25) is 0 Å². The molecule has 3 atom stereocenters. The highest BCUT2D eigenvalue weighted by molar-refractivity contribution is 7.53. The zero-order valence-electron chi connectivity index (χ0n) is 13.7. The molecule has 0 aromatic heterocycles. The first-order chi connectivity index (χ1) is 9.83. The minimum Gasteiger partial charge on any atom is -1.00 e. The van der Waals surface area contributed by atoms with E-state index >= 15 is 0 Å². The summed E-state index contributed by atoms with van der Waals surface area (Å²) in [7, 11) is -5.34. The van der Waals surface area contributed by atoms with Crippen molar-refractivity contribution in [3.8, 4) is 0 Å². The summed E-state index contributed by atoms with van der Waals surface area (Å²) in [5.74, 6) is -1.23. The third-order valence-electron chi connectivity index (χ3n) is 4.53. The van der Waals surface area contributed by atoms with Crippen LogP contribution < -0.4 is 12.4 Å². The van der Waals surface area contributed by atoms with Gasteiger partial charge in [-0.3, -0.25) is 9.09 Å². The molecule has 0 bridgehead atoms. The van der Waals surface area contributed by atoms with Crippen molar-refractivity contribution in [1.82, 2.24) is 0 Å². The van der Waals surface area contributed by atoms with Gasteiger partial charge < -0.3 is 36.5 Å². The second-order valence-electron chi connectivity index (χ2n) is 6.76. The Balaban J connectivity index is 0.00000484. The number of likely N-dealkylation sites (tertiary alicyclic amines) is 1. The zero-order chi connectivity index (χ0) is 17.2. The van der Waals surface area contributed by atoms with Crippen LogP contribution in [0.2, 0.25) is 0 Å². The van der Waals surface area contributed by atoms with E-state index in [0.29, 0.717) is 18.4 Å². The Hall–Kier alpha value is 0.510. The monoisotopic (exact) mass is 395 g/mol. The maximum absolute atomic E-state index is 11.3. The minimum atomic E-state index is -4.92. The molecule has 0 spiro atoms. The van der Waals surface area contributed by atoms with Crippen molar-refractivity contribution in [2.24, 2.45) is 5.92 Å². The summed E-state index contributed by atoms with van der Waals surface area (Å²) in [6, 6.07) is 0.376. The zero-order valence-corrected chi connectivity index (χ0v) is 16.3. The smallest absolute Gasteiger partial charge is 0.470 e. The van der Waals surface area contributed by atoms with Gasteiger partial charge in [-0.05, 0) is 32.1 Å². The molecule has 8 nitrogen and oxygen atoms in total. The van der Waals surface area contributed by atoms with Crippen molar-refractivity contribution in [2.75, 3.05) is 20.6 Å². The van der Waals surface area contributed by atoms with Crippen LogP contribution in [-0.2, 0) is 13.7 Å². The molecular formula is C12H28ClNO7P2. The summed E-state index contributed by atoms with van der Waals surface area (Å²) in [5.41, 5.74) is 0. The molecule has 0 aromatic rings. The third-order valence-corrected chi connectivity index (χ3v) is 6.34. The Kier molecular flexibility index (Phi) is 8.94. The highest BCUT2D eigenvalue weighted by Gasteiger charge is 2.39. The van der Waals surface area contributed by atoms with E-state index in [1.54, 1.807) is 0 Å². The minimum absolute atomic E-state index is 0. The molecule has 0 radical (unpaired) electrons. The van der Waals surface area contributed by atoms with Gasteiger partial charge in [-0.2, -0.15) is 0 Å². The summed E-state index contributed by atoms with van der Waals surface area (Å²) in [4.78, 5) is 35.9. The number of piperidine rings is 1. The van der Waals surface area contributed by atoms with Crippen molar-refractivity contribution in [2.45, 2.75) is 50.9 Å². The normalized spacial score (nSPS) is 26.4. The molecule has 1 aliphatic rings. The fraction of sp³-hybridized carbons (Fsp3) is 1.00. The number of hydrogen-bond acceptors (Lipinski definition) is 3. The van der Waals surface area contributed by atoms with Gasteiger partial charge in [0.1, 0.15) is 0 Å². The molecule has 1 heterocycles. The molecule has 0 amide bonds. The highest BCUT2D eigenvalue weighted by Crippen LogP contribution is 2.52. The van der Waals surface area contributed by atoms with Crippen LogP contribution in [0.25, 0.3) is 0 Å². The maximum atomic E-state index is 11.3. The van der Waals surface area contributed by atoms with Crippen LogP contribution in [0, 0.1) is 5.92 Å². The van der Waals surface area contributed by atoms with Crippen LogP contribution in [0.1, 0.15) is 39.0 Å². The van der Waals surface area contributed by atoms with E-state index in [0.717, 1.165) is 30.3 Å². The lowest BCUT2D eigenvalue weighted by Crippen LogP contribution is -3.00. The van der Waals surface area contributed by atoms with Gasteiger partial charge in [0.15, 0.2) is 5.85 Å². The molecule has 0 saturated carbocycles. The number of quaternary nitrogens is 1. The number of halogens is 1. The first-order valence-electron chi connectivity index (χ1n) is 7.45. The largest absolute Gasteiger partial charge is 1.00 e. The molecule has 23 heavy (non-hydrogen) atoms. The fourth-order valence-electron chi connectivity index (χ4n) is 3.44. The molecule has 0 aromatic carbocycles. The van der Waals surface area contributed by atoms with Crippen molar-refractivity contribution in [3.05, 3.63) is 0 Å². The van der Waals surface area contributed by atoms with Gasteiger partial charge in [-0.1, -0.05) is 6.92 Å². The summed E-state index contributed by atoms with van der Waals surface area (Å²) >= 11 is 0. The van der Waals surface area contributed by atoms with E-state index in [2.05, 4.69) is 25.5 Å². The Morgan fingerprint density at radius 1 is 1.22 bits per heavy atom.